The van der Waals surface area contributed by atoms with Gasteiger partial charge in [0.15, 0.2) is 0 Å². The van der Waals surface area contributed by atoms with Crippen molar-refractivity contribution in [3.63, 3.8) is 0 Å². The number of carbonyl (C=O) groups excluding carboxylic acids is 1. The topological polar surface area (TPSA) is 52.9 Å². The molecular formula is C16H21N5O. The first-order valence-electron chi connectivity index (χ1n) is 7.99. The maximum Gasteiger partial charge on any atom is 0.257 e. The lowest BCUT2D eigenvalue weighted by Gasteiger charge is -2.32. The number of likely N-dealkylation sites (tertiary alicyclic amines) is 1. The van der Waals surface area contributed by atoms with Crippen LogP contribution in [0.5, 0.6) is 0 Å². The van der Waals surface area contributed by atoms with E-state index < -0.39 is 0 Å². The predicted octanol–water partition coefficient (Wildman–Crippen LogP) is 0.454. The fourth-order valence-electron chi connectivity index (χ4n) is 3.54. The van der Waals surface area contributed by atoms with Gasteiger partial charge in [0.25, 0.3) is 5.91 Å². The Morgan fingerprint density at radius 2 is 2.09 bits per heavy atom. The van der Waals surface area contributed by atoms with Gasteiger partial charge >= 0.3 is 0 Å². The number of fused-ring (bicyclic) bond motifs is 1. The van der Waals surface area contributed by atoms with Crippen molar-refractivity contribution >= 4 is 11.4 Å². The standard InChI is InChI=1S/C16H21N5O/c22-16(14-11-18-21-7-2-1-3-15(14)21)20-8-4-13(12-20)19-9-5-17-6-10-19/h1-3,7,11,13,17H,4-6,8-10,12H2. The highest BCUT2D eigenvalue weighted by atomic mass is 16.2. The molecule has 0 saturated carbocycles. The van der Waals surface area contributed by atoms with Crippen LogP contribution in [-0.4, -0.2) is 70.6 Å². The second-order valence-corrected chi connectivity index (χ2v) is 6.07. The fourth-order valence-corrected chi connectivity index (χ4v) is 3.54. The molecule has 2 saturated heterocycles. The molecule has 1 amide bonds. The van der Waals surface area contributed by atoms with E-state index in [0.29, 0.717) is 11.6 Å². The van der Waals surface area contributed by atoms with E-state index in [-0.39, 0.29) is 5.91 Å². The number of rotatable bonds is 2. The maximum absolute atomic E-state index is 12.8. The molecule has 0 radical (unpaired) electrons. The zero-order valence-corrected chi connectivity index (χ0v) is 12.6. The molecule has 0 aliphatic carbocycles. The number of hydrogen-bond donors (Lipinski definition) is 1. The molecule has 0 bridgehead atoms. The highest BCUT2D eigenvalue weighted by Crippen LogP contribution is 2.20. The normalized spacial score (nSPS) is 23.3. The van der Waals surface area contributed by atoms with Gasteiger partial charge in [-0.15, -0.1) is 0 Å². The largest absolute Gasteiger partial charge is 0.337 e. The van der Waals surface area contributed by atoms with Gasteiger partial charge in [0, 0.05) is 51.5 Å². The van der Waals surface area contributed by atoms with Crippen LogP contribution in [-0.2, 0) is 0 Å². The zero-order valence-electron chi connectivity index (χ0n) is 12.6. The number of aromatic nitrogens is 2. The van der Waals surface area contributed by atoms with Crippen LogP contribution in [0.3, 0.4) is 0 Å². The SMILES string of the molecule is O=C(c1cnn2ccccc12)N1CCC(N2CCNCC2)C1. The molecule has 2 aromatic heterocycles. The van der Waals surface area contributed by atoms with Crippen LogP contribution < -0.4 is 5.32 Å². The van der Waals surface area contributed by atoms with Gasteiger partial charge in [-0.3, -0.25) is 9.69 Å². The van der Waals surface area contributed by atoms with Gasteiger partial charge in [0.05, 0.1) is 17.3 Å². The lowest BCUT2D eigenvalue weighted by atomic mass is 10.2. The molecule has 2 aliphatic rings. The van der Waals surface area contributed by atoms with Crippen molar-refractivity contribution in [3.8, 4) is 0 Å². The first-order valence-corrected chi connectivity index (χ1v) is 7.99. The van der Waals surface area contributed by atoms with Gasteiger partial charge < -0.3 is 10.2 Å². The van der Waals surface area contributed by atoms with Crippen molar-refractivity contribution in [2.45, 2.75) is 12.5 Å². The molecule has 4 rings (SSSR count). The van der Waals surface area contributed by atoms with E-state index in [2.05, 4.69) is 15.3 Å². The zero-order chi connectivity index (χ0) is 14.9. The van der Waals surface area contributed by atoms with Crippen molar-refractivity contribution in [3.05, 3.63) is 36.2 Å². The van der Waals surface area contributed by atoms with Crippen LogP contribution in [0.1, 0.15) is 16.8 Å². The molecule has 2 fully saturated rings. The third-order valence-corrected chi connectivity index (χ3v) is 4.78. The number of hydrogen-bond acceptors (Lipinski definition) is 4. The van der Waals surface area contributed by atoms with Crippen molar-refractivity contribution in [1.29, 1.82) is 0 Å². The molecule has 0 spiro atoms. The van der Waals surface area contributed by atoms with Gasteiger partial charge in [-0.25, -0.2) is 4.52 Å². The minimum atomic E-state index is 0.110. The second kappa shape index (κ2) is 5.70. The molecule has 22 heavy (non-hydrogen) atoms. The fraction of sp³-hybridized carbons (Fsp3) is 0.500. The molecule has 116 valence electrons. The number of amides is 1. The van der Waals surface area contributed by atoms with Crippen molar-refractivity contribution in [1.82, 2.24) is 24.7 Å². The van der Waals surface area contributed by atoms with Crippen molar-refractivity contribution in [2.75, 3.05) is 39.3 Å². The number of pyridine rings is 1. The van der Waals surface area contributed by atoms with E-state index >= 15 is 0 Å². The Morgan fingerprint density at radius 3 is 2.95 bits per heavy atom. The molecule has 4 heterocycles. The Bertz CT molecular complexity index is 676. The quantitative estimate of drug-likeness (QED) is 0.875. The Kier molecular flexibility index (Phi) is 3.56. The first-order chi connectivity index (χ1) is 10.8. The highest BCUT2D eigenvalue weighted by Gasteiger charge is 2.32. The summed E-state index contributed by atoms with van der Waals surface area (Å²) in [7, 11) is 0. The van der Waals surface area contributed by atoms with Gasteiger partial charge in [-0.2, -0.15) is 5.10 Å². The van der Waals surface area contributed by atoms with E-state index in [1.54, 1.807) is 10.7 Å². The van der Waals surface area contributed by atoms with Crippen LogP contribution >= 0.6 is 0 Å². The van der Waals surface area contributed by atoms with Crippen LogP contribution in [0, 0.1) is 0 Å². The highest BCUT2D eigenvalue weighted by molar-refractivity contribution is 6.00. The molecule has 0 aromatic carbocycles. The Hall–Kier alpha value is -1.92. The summed E-state index contributed by atoms with van der Waals surface area (Å²) in [4.78, 5) is 17.3. The third-order valence-electron chi connectivity index (χ3n) is 4.78. The van der Waals surface area contributed by atoms with Crippen molar-refractivity contribution < 1.29 is 4.79 Å². The molecule has 2 aliphatic heterocycles. The molecule has 6 heteroatoms. The van der Waals surface area contributed by atoms with Crippen molar-refractivity contribution in [2.24, 2.45) is 0 Å². The van der Waals surface area contributed by atoms with E-state index in [1.807, 2.05) is 29.3 Å². The number of piperazine rings is 1. The van der Waals surface area contributed by atoms with E-state index in [0.717, 1.165) is 51.2 Å². The smallest absolute Gasteiger partial charge is 0.257 e. The Labute approximate surface area is 129 Å². The lowest BCUT2D eigenvalue weighted by Crippen LogP contribution is -2.49. The van der Waals surface area contributed by atoms with Gasteiger partial charge in [0.2, 0.25) is 0 Å². The van der Waals surface area contributed by atoms with Crippen LogP contribution in [0.25, 0.3) is 5.52 Å². The van der Waals surface area contributed by atoms with E-state index in [9.17, 15) is 4.79 Å². The summed E-state index contributed by atoms with van der Waals surface area (Å²) in [5.74, 6) is 0.110. The van der Waals surface area contributed by atoms with E-state index in [4.69, 9.17) is 0 Å². The minimum Gasteiger partial charge on any atom is -0.337 e. The summed E-state index contributed by atoms with van der Waals surface area (Å²) >= 11 is 0. The van der Waals surface area contributed by atoms with Gasteiger partial charge in [-0.1, -0.05) is 6.07 Å². The average molecular weight is 299 g/mol. The average Bonchev–Trinajstić information content (AvgIpc) is 3.22. The maximum atomic E-state index is 12.8. The molecule has 1 N–H and O–H groups in total. The Morgan fingerprint density at radius 1 is 1.23 bits per heavy atom. The summed E-state index contributed by atoms with van der Waals surface area (Å²) in [5.41, 5.74) is 1.60. The first kappa shape index (κ1) is 13.7. The predicted molar refractivity (Wildman–Crippen MR) is 83.9 cm³/mol. The number of nitrogens with one attached hydrogen (secondary N) is 1. The van der Waals surface area contributed by atoms with Gasteiger partial charge in [-0.05, 0) is 18.6 Å². The summed E-state index contributed by atoms with van der Waals surface area (Å²) in [5, 5.41) is 7.65. The molecule has 6 nitrogen and oxygen atoms in total. The summed E-state index contributed by atoms with van der Waals surface area (Å²) in [6.07, 6.45) is 4.64. The van der Waals surface area contributed by atoms with E-state index in [1.165, 1.54) is 0 Å². The molecular weight excluding hydrogens is 278 g/mol. The monoisotopic (exact) mass is 299 g/mol. The summed E-state index contributed by atoms with van der Waals surface area (Å²) in [6.45, 7) is 5.96. The molecule has 2 aromatic rings. The van der Waals surface area contributed by atoms with Gasteiger partial charge in [0.1, 0.15) is 0 Å². The van der Waals surface area contributed by atoms with Crippen LogP contribution in [0.4, 0.5) is 0 Å². The van der Waals surface area contributed by atoms with Crippen LogP contribution in [0.15, 0.2) is 30.6 Å². The number of nitrogens with zero attached hydrogens (tertiary/aromatic N) is 4. The Balaban J connectivity index is 1.49. The number of carbonyl (C=O) groups is 1. The second-order valence-electron chi connectivity index (χ2n) is 6.07. The molecule has 1 unspecified atom stereocenters. The minimum absolute atomic E-state index is 0.110. The van der Waals surface area contributed by atoms with Crippen LogP contribution in [0.2, 0.25) is 0 Å². The summed E-state index contributed by atoms with van der Waals surface area (Å²) in [6, 6.07) is 6.32. The summed E-state index contributed by atoms with van der Waals surface area (Å²) < 4.78 is 1.76. The molecule has 1 atom stereocenters. The lowest BCUT2D eigenvalue weighted by molar-refractivity contribution is 0.0775. The third kappa shape index (κ3) is 2.38.